The van der Waals surface area contributed by atoms with Crippen LogP contribution in [0.5, 0.6) is 0 Å². The Labute approximate surface area is 121 Å². The summed E-state index contributed by atoms with van der Waals surface area (Å²) in [5.74, 6) is -0.00940. The molecule has 0 aromatic heterocycles. The fourth-order valence-corrected chi connectivity index (χ4v) is 2.36. The number of carbonyl (C=O) groups is 2. The number of esters is 1. The molecule has 0 unspecified atom stereocenters. The summed E-state index contributed by atoms with van der Waals surface area (Å²) in [6.45, 7) is 8.94. The molecule has 0 aromatic rings. The van der Waals surface area contributed by atoms with Crippen LogP contribution in [-0.2, 0) is 19.1 Å². The number of ether oxygens (including phenoxy) is 2. The van der Waals surface area contributed by atoms with Crippen LogP contribution in [0.1, 0.15) is 47.0 Å². The molecule has 0 radical (unpaired) electrons. The Hall–Kier alpha value is -1.10. The molecule has 1 amide bonds. The highest BCUT2D eigenvalue weighted by Crippen LogP contribution is 2.15. The van der Waals surface area contributed by atoms with Crippen molar-refractivity contribution in [1.29, 1.82) is 0 Å². The van der Waals surface area contributed by atoms with Crippen molar-refractivity contribution in [3.05, 3.63) is 0 Å². The number of nitrogens with one attached hydrogen (secondary N) is 1. The summed E-state index contributed by atoms with van der Waals surface area (Å²) < 4.78 is 10.6. The molecule has 1 heterocycles. The second-order valence-electron chi connectivity index (χ2n) is 5.99. The van der Waals surface area contributed by atoms with Crippen LogP contribution in [0.4, 0.5) is 0 Å². The van der Waals surface area contributed by atoms with Gasteiger partial charge in [-0.2, -0.15) is 0 Å². The molecule has 1 fully saturated rings. The van der Waals surface area contributed by atoms with Crippen LogP contribution in [-0.4, -0.2) is 37.2 Å². The standard InChI is InChI=1S/C15H27NO4/c1-10(2)9-11(3)20-15(18)12(4)16-14(17)13-5-7-19-8-6-13/h10-13H,5-9H2,1-4H3,(H,16,17)/t11-,12+/m0/s1. The van der Waals surface area contributed by atoms with E-state index < -0.39 is 6.04 Å². The number of hydrogen-bond donors (Lipinski definition) is 1. The van der Waals surface area contributed by atoms with Gasteiger partial charge in [-0.3, -0.25) is 4.79 Å². The summed E-state index contributed by atoms with van der Waals surface area (Å²) in [5.41, 5.74) is 0. The highest BCUT2D eigenvalue weighted by molar-refractivity contribution is 5.85. The van der Waals surface area contributed by atoms with E-state index in [0.717, 1.165) is 19.3 Å². The van der Waals surface area contributed by atoms with Gasteiger partial charge in [0.15, 0.2) is 0 Å². The average Bonchev–Trinajstić information content (AvgIpc) is 2.38. The van der Waals surface area contributed by atoms with Crippen molar-refractivity contribution in [1.82, 2.24) is 5.32 Å². The first-order valence-electron chi connectivity index (χ1n) is 7.48. The quantitative estimate of drug-likeness (QED) is 0.757. The third-order valence-corrected chi connectivity index (χ3v) is 3.43. The van der Waals surface area contributed by atoms with Gasteiger partial charge in [0.1, 0.15) is 6.04 Å². The predicted octanol–water partition coefficient (Wildman–Crippen LogP) is 1.90. The van der Waals surface area contributed by atoms with Gasteiger partial charge in [-0.15, -0.1) is 0 Å². The minimum Gasteiger partial charge on any atom is -0.461 e. The van der Waals surface area contributed by atoms with E-state index in [1.165, 1.54) is 0 Å². The van der Waals surface area contributed by atoms with E-state index in [2.05, 4.69) is 19.2 Å². The van der Waals surface area contributed by atoms with E-state index in [-0.39, 0.29) is 23.9 Å². The summed E-state index contributed by atoms with van der Waals surface area (Å²) in [6.07, 6.45) is 2.14. The first kappa shape index (κ1) is 17.0. The maximum Gasteiger partial charge on any atom is 0.328 e. The van der Waals surface area contributed by atoms with Crippen LogP contribution in [0.3, 0.4) is 0 Å². The molecule has 0 aromatic carbocycles. The third-order valence-electron chi connectivity index (χ3n) is 3.43. The maximum absolute atomic E-state index is 12.0. The van der Waals surface area contributed by atoms with Crippen LogP contribution >= 0.6 is 0 Å². The lowest BCUT2D eigenvalue weighted by Gasteiger charge is -2.24. The van der Waals surface area contributed by atoms with E-state index in [4.69, 9.17) is 9.47 Å². The van der Waals surface area contributed by atoms with E-state index >= 15 is 0 Å². The lowest BCUT2D eigenvalue weighted by molar-refractivity contribution is -0.152. The van der Waals surface area contributed by atoms with Crippen molar-refractivity contribution in [3.8, 4) is 0 Å². The van der Waals surface area contributed by atoms with Crippen LogP contribution in [0.15, 0.2) is 0 Å². The fraction of sp³-hybridized carbons (Fsp3) is 0.867. The normalized spacial score (nSPS) is 19.4. The largest absolute Gasteiger partial charge is 0.461 e. The Kier molecular flexibility index (Phi) is 6.99. The number of hydrogen-bond acceptors (Lipinski definition) is 4. The van der Waals surface area contributed by atoms with Crippen molar-refractivity contribution in [2.75, 3.05) is 13.2 Å². The lowest BCUT2D eigenvalue weighted by atomic mass is 9.99. The topological polar surface area (TPSA) is 64.6 Å². The molecule has 1 aliphatic heterocycles. The SMILES string of the molecule is CC(C)C[C@H](C)OC(=O)[C@@H](C)NC(=O)C1CCOCC1. The first-order valence-corrected chi connectivity index (χ1v) is 7.48. The van der Waals surface area contributed by atoms with Gasteiger partial charge in [-0.25, -0.2) is 4.79 Å². The van der Waals surface area contributed by atoms with Gasteiger partial charge in [0.05, 0.1) is 6.10 Å². The first-order chi connectivity index (χ1) is 9.40. The maximum atomic E-state index is 12.0. The van der Waals surface area contributed by atoms with Crippen LogP contribution < -0.4 is 5.32 Å². The number of amides is 1. The molecule has 116 valence electrons. The van der Waals surface area contributed by atoms with Crippen molar-refractivity contribution in [3.63, 3.8) is 0 Å². The highest BCUT2D eigenvalue weighted by Gasteiger charge is 2.26. The van der Waals surface area contributed by atoms with Gasteiger partial charge in [-0.1, -0.05) is 13.8 Å². The summed E-state index contributed by atoms with van der Waals surface area (Å²) in [4.78, 5) is 23.9. The van der Waals surface area contributed by atoms with Gasteiger partial charge < -0.3 is 14.8 Å². The molecule has 0 bridgehead atoms. The minimum absolute atomic E-state index is 0.0490. The molecule has 0 saturated carbocycles. The predicted molar refractivity (Wildman–Crippen MR) is 76.2 cm³/mol. The molecule has 5 nitrogen and oxygen atoms in total. The monoisotopic (exact) mass is 285 g/mol. The van der Waals surface area contributed by atoms with Crippen molar-refractivity contribution < 1.29 is 19.1 Å². The number of rotatable bonds is 6. The molecule has 1 saturated heterocycles. The molecule has 20 heavy (non-hydrogen) atoms. The highest BCUT2D eigenvalue weighted by atomic mass is 16.5. The zero-order chi connectivity index (χ0) is 15.1. The van der Waals surface area contributed by atoms with Crippen LogP contribution in [0, 0.1) is 11.8 Å². The van der Waals surface area contributed by atoms with Crippen LogP contribution in [0.2, 0.25) is 0 Å². The van der Waals surface area contributed by atoms with Gasteiger partial charge in [0, 0.05) is 19.1 Å². The molecule has 0 spiro atoms. The van der Waals surface area contributed by atoms with E-state index in [0.29, 0.717) is 19.1 Å². The van der Waals surface area contributed by atoms with Gasteiger partial charge in [0.25, 0.3) is 0 Å². The van der Waals surface area contributed by atoms with Crippen LogP contribution in [0.25, 0.3) is 0 Å². The Balaban J connectivity index is 2.34. The fourth-order valence-electron chi connectivity index (χ4n) is 2.36. The van der Waals surface area contributed by atoms with E-state index in [1.54, 1.807) is 6.92 Å². The molecular weight excluding hydrogens is 258 g/mol. The summed E-state index contributed by atoms with van der Waals surface area (Å²) in [7, 11) is 0. The Bertz CT molecular complexity index is 324. The Morgan fingerprint density at radius 2 is 1.80 bits per heavy atom. The zero-order valence-electron chi connectivity index (χ0n) is 13.0. The smallest absolute Gasteiger partial charge is 0.328 e. The van der Waals surface area contributed by atoms with Crippen molar-refractivity contribution in [2.45, 2.75) is 59.1 Å². The minimum atomic E-state index is -0.597. The summed E-state index contributed by atoms with van der Waals surface area (Å²) >= 11 is 0. The van der Waals surface area contributed by atoms with Crippen molar-refractivity contribution >= 4 is 11.9 Å². The molecule has 1 aliphatic rings. The van der Waals surface area contributed by atoms with E-state index in [9.17, 15) is 9.59 Å². The molecular formula is C15H27NO4. The average molecular weight is 285 g/mol. The van der Waals surface area contributed by atoms with Gasteiger partial charge >= 0.3 is 5.97 Å². The molecule has 1 N–H and O–H groups in total. The van der Waals surface area contributed by atoms with Crippen molar-refractivity contribution in [2.24, 2.45) is 11.8 Å². The zero-order valence-corrected chi connectivity index (χ0v) is 13.0. The number of carbonyl (C=O) groups excluding carboxylic acids is 2. The Morgan fingerprint density at radius 1 is 1.20 bits per heavy atom. The summed E-state index contributed by atoms with van der Waals surface area (Å²) in [5, 5.41) is 2.74. The lowest BCUT2D eigenvalue weighted by Crippen LogP contribution is -2.44. The summed E-state index contributed by atoms with van der Waals surface area (Å²) in [6, 6.07) is -0.597. The molecule has 1 rings (SSSR count). The second-order valence-corrected chi connectivity index (χ2v) is 5.99. The molecule has 0 aliphatic carbocycles. The molecule has 2 atom stereocenters. The Morgan fingerprint density at radius 3 is 2.35 bits per heavy atom. The third kappa shape index (κ3) is 5.90. The van der Waals surface area contributed by atoms with Gasteiger partial charge in [0.2, 0.25) is 5.91 Å². The second kappa shape index (κ2) is 8.25. The molecule has 5 heteroatoms. The van der Waals surface area contributed by atoms with E-state index in [1.807, 2.05) is 6.92 Å². The van der Waals surface area contributed by atoms with Gasteiger partial charge in [-0.05, 0) is 39.0 Å².